The number of rotatable bonds is 5. The largest absolute Gasteiger partial charge is 0.372 e. The Kier molecular flexibility index (Phi) is 5.49. The molecular formula is C22H27N3O2. The highest BCUT2D eigenvalue weighted by molar-refractivity contribution is 6.14. The standard InChI is InChI=1S/C22H27N3O2/c1-16-8-4-5-9-19(16)24-21(27)22(2,3)20(26)23-17-10-12-18(13-11-17)25-14-6-7-15-25/h4-5,8-13H,6-7,14-15H2,1-3H3,(H,23,26)(H,24,27). The monoisotopic (exact) mass is 365 g/mol. The lowest BCUT2D eigenvalue weighted by atomic mass is 9.90. The highest BCUT2D eigenvalue weighted by Gasteiger charge is 2.36. The van der Waals surface area contributed by atoms with Gasteiger partial charge in [0.1, 0.15) is 5.41 Å². The van der Waals surface area contributed by atoms with Gasteiger partial charge in [-0.2, -0.15) is 0 Å². The van der Waals surface area contributed by atoms with E-state index < -0.39 is 5.41 Å². The number of nitrogens with zero attached hydrogens (tertiary/aromatic N) is 1. The molecule has 0 bridgehead atoms. The fraction of sp³-hybridized carbons (Fsp3) is 0.364. The molecule has 1 aliphatic rings. The van der Waals surface area contributed by atoms with Crippen molar-refractivity contribution < 1.29 is 9.59 Å². The summed E-state index contributed by atoms with van der Waals surface area (Å²) in [7, 11) is 0. The van der Waals surface area contributed by atoms with Crippen molar-refractivity contribution in [1.82, 2.24) is 0 Å². The third-order valence-corrected chi connectivity index (χ3v) is 5.12. The Morgan fingerprint density at radius 2 is 1.48 bits per heavy atom. The molecule has 0 saturated carbocycles. The van der Waals surface area contributed by atoms with Crippen LogP contribution in [-0.2, 0) is 9.59 Å². The summed E-state index contributed by atoms with van der Waals surface area (Å²) in [6.07, 6.45) is 2.45. The quantitative estimate of drug-likeness (QED) is 0.781. The molecule has 0 atom stereocenters. The van der Waals surface area contributed by atoms with Gasteiger partial charge < -0.3 is 15.5 Å². The number of aryl methyl sites for hydroxylation is 1. The van der Waals surface area contributed by atoms with Gasteiger partial charge in [-0.25, -0.2) is 0 Å². The van der Waals surface area contributed by atoms with Gasteiger partial charge in [0.05, 0.1) is 0 Å². The first kappa shape index (κ1) is 19.0. The maximum Gasteiger partial charge on any atom is 0.239 e. The van der Waals surface area contributed by atoms with E-state index in [4.69, 9.17) is 0 Å². The maximum absolute atomic E-state index is 12.7. The van der Waals surface area contributed by atoms with E-state index in [1.165, 1.54) is 18.5 Å². The van der Waals surface area contributed by atoms with Crippen molar-refractivity contribution in [3.05, 3.63) is 54.1 Å². The summed E-state index contributed by atoms with van der Waals surface area (Å²) >= 11 is 0. The summed E-state index contributed by atoms with van der Waals surface area (Å²) in [5, 5.41) is 5.72. The summed E-state index contributed by atoms with van der Waals surface area (Å²) < 4.78 is 0. The molecule has 5 nitrogen and oxygen atoms in total. The number of nitrogens with one attached hydrogen (secondary N) is 2. The van der Waals surface area contributed by atoms with Crippen molar-refractivity contribution in [1.29, 1.82) is 0 Å². The Morgan fingerprint density at radius 1 is 0.889 bits per heavy atom. The zero-order valence-corrected chi connectivity index (χ0v) is 16.2. The molecule has 0 aromatic heterocycles. The molecule has 0 aliphatic carbocycles. The van der Waals surface area contributed by atoms with Crippen LogP contribution in [0.2, 0.25) is 0 Å². The van der Waals surface area contributed by atoms with Crippen LogP contribution in [0.5, 0.6) is 0 Å². The van der Waals surface area contributed by atoms with Crippen LogP contribution >= 0.6 is 0 Å². The van der Waals surface area contributed by atoms with E-state index in [1.807, 2.05) is 55.5 Å². The Bertz CT molecular complexity index is 822. The van der Waals surface area contributed by atoms with Crippen molar-refractivity contribution in [3.63, 3.8) is 0 Å². The Morgan fingerprint density at radius 3 is 2.11 bits per heavy atom. The molecule has 1 saturated heterocycles. The van der Waals surface area contributed by atoms with Crippen LogP contribution in [0.1, 0.15) is 32.3 Å². The normalized spacial score (nSPS) is 14.1. The second-order valence-electron chi connectivity index (χ2n) is 7.59. The van der Waals surface area contributed by atoms with Crippen molar-refractivity contribution >= 4 is 28.9 Å². The molecule has 142 valence electrons. The lowest BCUT2D eigenvalue weighted by Gasteiger charge is -2.23. The second-order valence-corrected chi connectivity index (χ2v) is 7.59. The number of hydrogen-bond donors (Lipinski definition) is 2. The summed E-state index contributed by atoms with van der Waals surface area (Å²) in [5.41, 5.74) is 2.34. The SMILES string of the molecule is Cc1ccccc1NC(=O)C(C)(C)C(=O)Nc1ccc(N2CCCC2)cc1. The maximum atomic E-state index is 12.7. The average Bonchev–Trinajstić information content (AvgIpc) is 3.19. The molecule has 1 heterocycles. The summed E-state index contributed by atoms with van der Waals surface area (Å²) in [5.74, 6) is -0.662. The molecule has 0 unspecified atom stereocenters. The van der Waals surface area contributed by atoms with Gasteiger partial charge >= 0.3 is 0 Å². The van der Waals surface area contributed by atoms with Crippen molar-refractivity contribution in [3.8, 4) is 0 Å². The van der Waals surface area contributed by atoms with Crippen LogP contribution in [0.4, 0.5) is 17.1 Å². The number of para-hydroxylation sites is 1. The zero-order chi connectivity index (χ0) is 19.4. The first-order valence-electron chi connectivity index (χ1n) is 9.41. The Balaban J connectivity index is 1.64. The van der Waals surface area contributed by atoms with E-state index in [0.717, 1.165) is 24.3 Å². The molecule has 3 rings (SSSR count). The zero-order valence-electron chi connectivity index (χ0n) is 16.2. The fourth-order valence-electron chi connectivity index (χ4n) is 3.11. The predicted molar refractivity (Wildman–Crippen MR) is 110 cm³/mol. The fourth-order valence-corrected chi connectivity index (χ4v) is 3.11. The topological polar surface area (TPSA) is 61.4 Å². The highest BCUT2D eigenvalue weighted by atomic mass is 16.2. The van der Waals surface area contributed by atoms with E-state index in [-0.39, 0.29) is 11.8 Å². The van der Waals surface area contributed by atoms with Crippen LogP contribution in [-0.4, -0.2) is 24.9 Å². The smallest absolute Gasteiger partial charge is 0.239 e. The van der Waals surface area contributed by atoms with Gasteiger partial charge in [0.2, 0.25) is 11.8 Å². The second kappa shape index (κ2) is 7.82. The first-order valence-corrected chi connectivity index (χ1v) is 9.41. The van der Waals surface area contributed by atoms with E-state index in [0.29, 0.717) is 5.69 Å². The van der Waals surface area contributed by atoms with Crippen LogP contribution in [0, 0.1) is 12.3 Å². The van der Waals surface area contributed by atoms with Crippen molar-refractivity contribution in [2.45, 2.75) is 33.6 Å². The summed E-state index contributed by atoms with van der Waals surface area (Å²) in [6, 6.07) is 15.3. The molecule has 2 N–H and O–H groups in total. The summed E-state index contributed by atoms with van der Waals surface area (Å²) in [4.78, 5) is 27.7. The van der Waals surface area contributed by atoms with E-state index in [2.05, 4.69) is 15.5 Å². The minimum atomic E-state index is -1.20. The number of anilines is 3. The van der Waals surface area contributed by atoms with Gasteiger partial charge in [-0.15, -0.1) is 0 Å². The van der Waals surface area contributed by atoms with Gasteiger partial charge in [0.25, 0.3) is 0 Å². The van der Waals surface area contributed by atoms with E-state index in [1.54, 1.807) is 13.8 Å². The number of hydrogen-bond acceptors (Lipinski definition) is 3. The van der Waals surface area contributed by atoms with Gasteiger partial charge in [0, 0.05) is 30.2 Å². The van der Waals surface area contributed by atoms with Crippen LogP contribution in [0.3, 0.4) is 0 Å². The van der Waals surface area contributed by atoms with Crippen molar-refractivity contribution in [2.24, 2.45) is 5.41 Å². The molecule has 0 spiro atoms. The molecule has 27 heavy (non-hydrogen) atoms. The lowest BCUT2D eigenvalue weighted by molar-refractivity contribution is -0.135. The van der Waals surface area contributed by atoms with Crippen LogP contribution in [0.25, 0.3) is 0 Å². The molecular weight excluding hydrogens is 338 g/mol. The number of amides is 2. The van der Waals surface area contributed by atoms with Crippen LogP contribution in [0.15, 0.2) is 48.5 Å². The van der Waals surface area contributed by atoms with Gasteiger partial charge in [-0.05, 0) is 69.5 Å². The minimum Gasteiger partial charge on any atom is -0.372 e. The molecule has 0 radical (unpaired) electrons. The highest BCUT2D eigenvalue weighted by Crippen LogP contribution is 2.25. The molecule has 5 heteroatoms. The average molecular weight is 365 g/mol. The lowest BCUT2D eigenvalue weighted by Crippen LogP contribution is -2.41. The molecule has 2 aromatic rings. The van der Waals surface area contributed by atoms with Gasteiger partial charge in [-0.1, -0.05) is 18.2 Å². The Labute approximate surface area is 160 Å². The van der Waals surface area contributed by atoms with Crippen LogP contribution < -0.4 is 15.5 Å². The van der Waals surface area contributed by atoms with E-state index in [9.17, 15) is 9.59 Å². The van der Waals surface area contributed by atoms with Crippen molar-refractivity contribution in [2.75, 3.05) is 28.6 Å². The first-order chi connectivity index (χ1) is 12.9. The third-order valence-electron chi connectivity index (χ3n) is 5.12. The molecule has 2 amide bonds. The molecule has 1 aliphatic heterocycles. The third kappa shape index (κ3) is 4.30. The van der Waals surface area contributed by atoms with Gasteiger partial charge in [-0.3, -0.25) is 9.59 Å². The minimum absolute atomic E-state index is 0.331. The number of carbonyl (C=O) groups is 2. The van der Waals surface area contributed by atoms with Gasteiger partial charge in [0.15, 0.2) is 0 Å². The molecule has 2 aromatic carbocycles. The number of benzene rings is 2. The van der Waals surface area contributed by atoms with E-state index >= 15 is 0 Å². The Hall–Kier alpha value is -2.82. The number of carbonyl (C=O) groups excluding carboxylic acids is 2. The predicted octanol–water partition coefficient (Wildman–Crippen LogP) is 4.20. The summed E-state index contributed by atoms with van der Waals surface area (Å²) in [6.45, 7) is 7.35. The molecule has 1 fully saturated rings.